The summed E-state index contributed by atoms with van der Waals surface area (Å²) in [4.78, 5) is 159. The first-order chi connectivity index (χ1) is 47.5. The summed E-state index contributed by atoms with van der Waals surface area (Å²) in [6, 6.07) is 12.3. The Morgan fingerprint density at radius 2 is 1.21 bits per heavy atom. The zero-order chi connectivity index (χ0) is 70.8. The maximum atomic E-state index is 15.1. The van der Waals surface area contributed by atoms with Crippen molar-refractivity contribution in [3.63, 3.8) is 0 Å². The molecule has 0 aliphatic carbocycles. The second kappa shape index (κ2) is 34.7. The summed E-state index contributed by atoms with van der Waals surface area (Å²) < 4.78 is 29.9. The minimum Gasteiger partial charge on any atom is -0.481 e. The number of halogens is 2. The number of nitrogens with one attached hydrogen (secondary N) is 11. The fourth-order valence-corrected chi connectivity index (χ4v) is 13.9. The van der Waals surface area contributed by atoms with Gasteiger partial charge in [0.25, 0.3) is 0 Å². The predicted molar refractivity (Wildman–Crippen MR) is 371 cm³/mol. The number of thioether (sulfide) groups is 2. The Kier molecular flexibility index (Phi) is 25.8. The van der Waals surface area contributed by atoms with Crippen LogP contribution in [0.2, 0.25) is 0 Å². The Hall–Kier alpha value is -9.61. The number of amides is 9. The molecule has 1 fully saturated rings. The number of aromatic nitrogens is 4. The van der Waals surface area contributed by atoms with Gasteiger partial charge < -0.3 is 73.2 Å². The number of hydrogen-bond donors (Lipinski definition) is 13. The second-order valence-electron chi connectivity index (χ2n) is 25.2. The highest BCUT2D eigenvalue weighted by molar-refractivity contribution is 7.98. The molecule has 5 heterocycles. The van der Waals surface area contributed by atoms with Crippen molar-refractivity contribution in [3.8, 4) is 0 Å². The standard InChI is InChI=1S/C70H84F2N14O11S2/c1-40-11-13-42(14-12-40)27-59-68(96)86-23-7-20-70(86,3)69(97)75-22-25-99-38-44-9-6-8-43(26-44)37-98-24-19-60(87)80-54(10-4-5-21-73)63(91)79-41(2)62(90)81-55(28-45-34-76-52-17-15-47(71)30-50(45)52)64(92)82-56(29-46-35-77-53-18-16-48(72)31-51(46)53)65(93)84-58(33-61(88)89)67(95)83-57(66(94)85-59)32-49-36-74-39-78-49/h6,8-9,11-18,26,30-31,34-36,39,41,54-59,76-77H,4-5,7,10,19-25,27-29,32-33,37-38,73H2,1-3H3,(H,74,78)(H,75,97)(H,79,91)(H,80,87)(H,81,90)(H,82,92)(H,83,95)(H,84,93)(H,85,94)(H,88,89)/t41-,54+,55+,56+,57+,58+,59+,70+/m1/s1. The third kappa shape index (κ3) is 20.3. The number of H-pyrrole nitrogens is 3. The fraction of sp³-hybridized carbons (Fsp3) is 0.414. The molecule has 0 radical (unpaired) electrons. The molecule has 9 amide bonds. The Balaban J connectivity index is 1.05. The van der Waals surface area contributed by atoms with Gasteiger partial charge in [-0.2, -0.15) is 23.5 Å². The van der Waals surface area contributed by atoms with E-state index in [1.165, 1.54) is 84.9 Å². The number of hydrogen-bond acceptors (Lipinski definition) is 14. The third-order valence-corrected chi connectivity index (χ3v) is 19.7. The SMILES string of the molecule is Cc1ccc(C[C@@H]2NC(=O)[C@H](Cc3c[nH]cn3)NC(=O)[C@H](CC(=O)O)NC(=O)[C@H](Cc3c[nH]c4ccc(F)cc34)NC(=O)[C@H](Cc3c[nH]c4ccc(F)cc34)NC(=O)[C@@H](C)NC(=O)[C@H](CCCCN)NC(=O)CCSCc3cccc(c3)CSCCNC(=O)[C@]3(C)CCCN3C2=O)cc1. The molecule has 0 unspecified atom stereocenters. The molecule has 99 heavy (non-hydrogen) atoms. The van der Waals surface area contributed by atoms with Crippen LogP contribution in [0, 0.1) is 18.6 Å². The van der Waals surface area contributed by atoms with E-state index in [2.05, 4.69) is 68.5 Å². The maximum Gasteiger partial charge on any atom is 0.305 e. The van der Waals surface area contributed by atoms with E-state index >= 15 is 19.2 Å². The van der Waals surface area contributed by atoms with Crippen LogP contribution < -0.4 is 48.3 Å². The van der Waals surface area contributed by atoms with Gasteiger partial charge in [0.15, 0.2) is 0 Å². The Bertz CT molecular complexity index is 4040. The van der Waals surface area contributed by atoms with Gasteiger partial charge in [0.05, 0.1) is 18.4 Å². The number of aryl methyl sites for hydroxylation is 1. The molecule has 526 valence electrons. The molecule has 0 saturated carbocycles. The lowest BCUT2D eigenvalue weighted by atomic mass is 9.95. The van der Waals surface area contributed by atoms with Crippen molar-refractivity contribution < 1.29 is 61.8 Å². The van der Waals surface area contributed by atoms with Gasteiger partial charge in [-0.15, -0.1) is 0 Å². The summed E-state index contributed by atoms with van der Waals surface area (Å²) in [7, 11) is 0. The number of carboxylic acids is 1. The highest BCUT2D eigenvalue weighted by Gasteiger charge is 2.48. The summed E-state index contributed by atoms with van der Waals surface area (Å²) >= 11 is 3.13. The summed E-state index contributed by atoms with van der Waals surface area (Å²) in [5.41, 5.74) is 9.88. The molecule has 0 spiro atoms. The van der Waals surface area contributed by atoms with Crippen LogP contribution in [-0.2, 0) is 85.1 Å². The number of carboxylic acid groups (broad SMARTS) is 1. The molecule has 3 aromatic heterocycles. The van der Waals surface area contributed by atoms with E-state index in [1.807, 2.05) is 37.3 Å². The van der Waals surface area contributed by atoms with E-state index in [4.69, 9.17) is 5.73 Å². The van der Waals surface area contributed by atoms with E-state index in [-0.39, 0.29) is 67.7 Å². The number of unbranched alkanes of at least 4 members (excludes halogenated alkanes) is 1. The van der Waals surface area contributed by atoms with Crippen LogP contribution in [0.5, 0.6) is 0 Å². The molecule has 8 atom stereocenters. The number of aliphatic carboxylic acids is 1. The highest BCUT2D eigenvalue weighted by Crippen LogP contribution is 2.31. The molecule has 25 nitrogen and oxygen atoms in total. The molecule has 1 saturated heterocycles. The maximum absolute atomic E-state index is 15.1. The van der Waals surface area contributed by atoms with Crippen LogP contribution in [0.1, 0.15) is 97.9 Å². The summed E-state index contributed by atoms with van der Waals surface area (Å²) in [5.74, 6) is -7.95. The topological polar surface area (TPSA) is 377 Å². The first kappa shape index (κ1) is 73.6. The van der Waals surface area contributed by atoms with Crippen LogP contribution in [0.3, 0.4) is 0 Å². The number of rotatable bonds is 14. The van der Waals surface area contributed by atoms with E-state index in [9.17, 15) is 42.7 Å². The van der Waals surface area contributed by atoms with Crippen molar-refractivity contribution in [2.45, 2.75) is 151 Å². The number of benzene rings is 4. The third-order valence-electron chi connectivity index (χ3n) is 17.6. The Labute approximate surface area is 579 Å². The first-order valence-corrected chi connectivity index (χ1v) is 35.3. The molecule has 2 bridgehead atoms. The number of fused-ring (bicyclic) bond motifs is 5. The van der Waals surface area contributed by atoms with Gasteiger partial charge in [-0.3, -0.25) is 47.9 Å². The minimum atomic E-state index is -1.99. The van der Waals surface area contributed by atoms with Gasteiger partial charge in [0, 0.05) is 109 Å². The monoisotopic (exact) mass is 1400 g/mol. The summed E-state index contributed by atoms with van der Waals surface area (Å²) in [5, 5.41) is 32.7. The largest absolute Gasteiger partial charge is 0.481 e. The average molecular weight is 1400 g/mol. The summed E-state index contributed by atoms with van der Waals surface area (Å²) in [6.07, 6.45) is 5.47. The van der Waals surface area contributed by atoms with E-state index in [0.717, 1.165) is 16.7 Å². The quantitative estimate of drug-likeness (QED) is 0.0675. The van der Waals surface area contributed by atoms with Crippen LogP contribution in [0.15, 0.2) is 110 Å². The number of carbonyl (C=O) groups is 10. The number of nitrogens with zero attached hydrogens (tertiary/aromatic N) is 2. The van der Waals surface area contributed by atoms with Crippen molar-refractivity contribution in [1.82, 2.24) is 67.4 Å². The van der Waals surface area contributed by atoms with Crippen LogP contribution in [-0.4, -0.2) is 168 Å². The highest BCUT2D eigenvalue weighted by atomic mass is 32.2. The molecule has 2 aliphatic heterocycles. The molecule has 9 rings (SSSR count). The molecular formula is C70H84F2N14O11S2. The van der Waals surface area contributed by atoms with Crippen molar-refractivity contribution in [1.29, 1.82) is 0 Å². The van der Waals surface area contributed by atoms with E-state index in [0.29, 0.717) is 82.8 Å². The van der Waals surface area contributed by atoms with Gasteiger partial charge in [-0.25, -0.2) is 13.8 Å². The number of aromatic amines is 3. The van der Waals surface area contributed by atoms with Gasteiger partial charge in [0.2, 0.25) is 53.2 Å². The fourth-order valence-electron chi connectivity index (χ4n) is 12.2. The molecule has 7 aromatic rings. The summed E-state index contributed by atoms with van der Waals surface area (Å²) in [6.45, 7) is 5.70. The van der Waals surface area contributed by atoms with Crippen molar-refractivity contribution in [3.05, 3.63) is 161 Å². The van der Waals surface area contributed by atoms with Crippen LogP contribution >= 0.6 is 23.5 Å². The van der Waals surface area contributed by atoms with Crippen LogP contribution in [0.25, 0.3) is 21.8 Å². The van der Waals surface area contributed by atoms with Crippen LogP contribution in [0.4, 0.5) is 8.78 Å². The lowest BCUT2D eigenvalue weighted by Gasteiger charge is -2.36. The first-order valence-electron chi connectivity index (χ1n) is 32.9. The Morgan fingerprint density at radius 1 is 0.646 bits per heavy atom. The number of carbonyl (C=O) groups excluding carboxylic acids is 9. The predicted octanol–water partition coefficient (Wildman–Crippen LogP) is 4.31. The van der Waals surface area contributed by atoms with E-state index < -0.39 is 126 Å². The number of nitrogens with two attached hydrogens (primary N) is 1. The molecule has 29 heteroatoms. The lowest BCUT2D eigenvalue weighted by Crippen LogP contribution is -2.62. The molecule has 14 N–H and O–H groups in total. The minimum absolute atomic E-state index is 0.0550. The molecule has 2 aliphatic rings. The average Bonchev–Trinajstić information content (AvgIpc) is 1.69. The van der Waals surface area contributed by atoms with Gasteiger partial charge in [-0.1, -0.05) is 54.1 Å². The molecular weight excluding hydrogens is 1310 g/mol. The van der Waals surface area contributed by atoms with Crippen molar-refractivity contribution in [2.75, 3.05) is 31.1 Å². The lowest BCUT2D eigenvalue weighted by molar-refractivity contribution is -0.146. The van der Waals surface area contributed by atoms with E-state index in [1.54, 1.807) is 30.8 Å². The zero-order valence-corrected chi connectivity index (χ0v) is 56.9. The smallest absolute Gasteiger partial charge is 0.305 e. The van der Waals surface area contributed by atoms with Crippen molar-refractivity contribution in [2.24, 2.45) is 5.73 Å². The normalized spacial score (nSPS) is 23.0. The number of imidazole rings is 1. The zero-order valence-electron chi connectivity index (χ0n) is 55.2. The second-order valence-corrected chi connectivity index (χ2v) is 27.4. The van der Waals surface area contributed by atoms with Gasteiger partial charge in [-0.05, 0) is 124 Å². The van der Waals surface area contributed by atoms with Crippen molar-refractivity contribution >= 4 is 104 Å². The van der Waals surface area contributed by atoms with Gasteiger partial charge in [0.1, 0.15) is 59.5 Å². The molecule has 4 aromatic carbocycles. The Morgan fingerprint density at radius 3 is 1.81 bits per heavy atom. The van der Waals surface area contributed by atoms with Gasteiger partial charge >= 0.3 is 5.97 Å².